The van der Waals surface area contributed by atoms with Crippen molar-refractivity contribution in [2.75, 3.05) is 10.6 Å². The zero-order chi connectivity index (χ0) is 15.4. The van der Waals surface area contributed by atoms with Gasteiger partial charge in [0, 0.05) is 11.7 Å². The van der Waals surface area contributed by atoms with Gasteiger partial charge in [-0.15, -0.1) is 0 Å². The van der Waals surface area contributed by atoms with Gasteiger partial charge in [-0.2, -0.15) is 15.0 Å². The number of aromatic nitrogens is 3. The average molecular weight is 322 g/mol. The molecule has 1 aliphatic carbocycles. The Hall–Kier alpha value is -1.95. The summed E-state index contributed by atoms with van der Waals surface area (Å²) in [5.41, 5.74) is 0.561. The van der Waals surface area contributed by atoms with Crippen molar-refractivity contribution < 1.29 is 4.39 Å². The second-order valence-corrected chi connectivity index (χ2v) is 5.70. The minimum absolute atomic E-state index is 0.104. The van der Waals surface area contributed by atoms with Crippen LogP contribution in [0.25, 0.3) is 0 Å². The van der Waals surface area contributed by atoms with Crippen LogP contribution in [0.1, 0.15) is 32.1 Å². The van der Waals surface area contributed by atoms with Crippen molar-refractivity contribution in [3.05, 3.63) is 35.4 Å². The Balaban J connectivity index is 1.74. The summed E-state index contributed by atoms with van der Waals surface area (Å²) in [5.74, 6) is 0.417. The summed E-state index contributed by atoms with van der Waals surface area (Å²) in [4.78, 5) is 12.4. The minimum atomic E-state index is -0.328. The second-order valence-electron chi connectivity index (χ2n) is 5.37. The second kappa shape index (κ2) is 6.87. The minimum Gasteiger partial charge on any atom is -0.351 e. The SMILES string of the molecule is Fc1cccc(Nc2nc(Cl)nc(NC3CCCCC3)n2)c1. The largest absolute Gasteiger partial charge is 0.351 e. The summed E-state index contributed by atoms with van der Waals surface area (Å²) in [6.07, 6.45) is 5.92. The third kappa shape index (κ3) is 4.04. The monoisotopic (exact) mass is 321 g/mol. The van der Waals surface area contributed by atoms with Gasteiger partial charge in [-0.1, -0.05) is 25.3 Å². The standard InChI is InChI=1S/C15H17ClFN5/c16-13-20-14(18-11-6-2-1-3-7-11)22-15(21-13)19-12-8-4-5-10(17)9-12/h4-5,8-9,11H,1-3,6-7H2,(H2,18,19,20,21,22). The number of benzene rings is 1. The number of nitrogens with zero attached hydrogens (tertiary/aromatic N) is 3. The fourth-order valence-corrected chi connectivity index (χ4v) is 2.76. The molecule has 2 N–H and O–H groups in total. The molecule has 1 fully saturated rings. The molecular weight excluding hydrogens is 305 g/mol. The third-order valence-corrected chi connectivity index (χ3v) is 3.80. The van der Waals surface area contributed by atoms with Crippen LogP contribution in [0.15, 0.2) is 24.3 Å². The molecule has 5 nitrogen and oxygen atoms in total. The normalized spacial score (nSPS) is 15.5. The summed E-state index contributed by atoms with van der Waals surface area (Å²) in [5, 5.41) is 6.34. The van der Waals surface area contributed by atoms with Crippen molar-refractivity contribution in [3.63, 3.8) is 0 Å². The van der Waals surface area contributed by atoms with Crippen molar-refractivity contribution >= 4 is 29.2 Å². The van der Waals surface area contributed by atoms with Gasteiger partial charge in [-0.05, 0) is 42.6 Å². The summed E-state index contributed by atoms with van der Waals surface area (Å²) in [6.45, 7) is 0. The highest BCUT2D eigenvalue weighted by molar-refractivity contribution is 6.28. The molecule has 1 saturated carbocycles. The van der Waals surface area contributed by atoms with E-state index in [4.69, 9.17) is 11.6 Å². The molecule has 0 bridgehead atoms. The number of halogens is 2. The molecule has 116 valence electrons. The summed E-state index contributed by atoms with van der Waals surface area (Å²) in [6, 6.07) is 6.46. The van der Waals surface area contributed by atoms with Crippen molar-refractivity contribution in [3.8, 4) is 0 Å². The van der Waals surface area contributed by atoms with Crippen molar-refractivity contribution in [1.82, 2.24) is 15.0 Å². The molecule has 0 unspecified atom stereocenters. The van der Waals surface area contributed by atoms with Crippen LogP contribution in [0.4, 0.5) is 22.0 Å². The van der Waals surface area contributed by atoms with E-state index in [1.54, 1.807) is 12.1 Å². The molecule has 0 aliphatic heterocycles. The van der Waals surface area contributed by atoms with Gasteiger partial charge in [0.25, 0.3) is 0 Å². The first-order valence-corrected chi connectivity index (χ1v) is 7.77. The van der Waals surface area contributed by atoms with E-state index in [0.29, 0.717) is 23.6 Å². The Morgan fingerprint density at radius 1 is 1.05 bits per heavy atom. The molecule has 0 saturated heterocycles. The molecule has 1 heterocycles. The quantitative estimate of drug-likeness (QED) is 0.885. The lowest BCUT2D eigenvalue weighted by Crippen LogP contribution is -2.23. The molecule has 3 rings (SSSR count). The van der Waals surface area contributed by atoms with Gasteiger partial charge in [0.05, 0.1) is 0 Å². The van der Waals surface area contributed by atoms with Crippen molar-refractivity contribution in [2.45, 2.75) is 38.1 Å². The van der Waals surface area contributed by atoms with Gasteiger partial charge in [0.1, 0.15) is 5.82 Å². The number of rotatable bonds is 4. The lowest BCUT2D eigenvalue weighted by Gasteiger charge is -2.22. The molecule has 1 aromatic carbocycles. The maximum atomic E-state index is 13.2. The van der Waals surface area contributed by atoms with Gasteiger partial charge >= 0.3 is 0 Å². The average Bonchev–Trinajstić information content (AvgIpc) is 2.47. The molecular formula is C15H17ClFN5. The highest BCUT2D eigenvalue weighted by atomic mass is 35.5. The zero-order valence-electron chi connectivity index (χ0n) is 12.0. The van der Waals surface area contributed by atoms with E-state index in [1.807, 2.05) is 0 Å². The highest BCUT2D eigenvalue weighted by Crippen LogP contribution is 2.22. The maximum absolute atomic E-state index is 13.2. The van der Waals surface area contributed by atoms with Gasteiger partial charge < -0.3 is 10.6 Å². The predicted molar refractivity (Wildman–Crippen MR) is 85.0 cm³/mol. The molecule has 1 aromatic heterocycles. The molecule has 1 aliphatic rings. The van der Waals surface area contributed by atoms with Gasteiger partial charge in [-0.25, -0.2) is 4.39 Å². The third-order valence-electron chi connectivity index (χ3n) is 3.63. The fraction of sp³-hybridized carbons (Fsp3) is 0.400. The molecule has 22 heavy (non-hydrogen) atoms. The summed E-state index contributed by atoms with van der Waals surface area (Å²) >= 11 is 5.95. The van der Waals surface area contributed by atoms with E-state index in [0.717, 1.165) is 12.8 Å². The number of anilines is 3. The summed E-state index contributed by atoms with van der Waals surface area (Å²) in [7, 11) is 0. The van der Waals surface area contributed by atoms with E-state index in [1.165, 1.54) is 31.4 Å². The van der Waals surface area contributed by atoms with Crippen molar-refractivity contribution in [2.24, 2.45) is 0 Å². The molecule has 0 atom stereocenters. The van der Waals surface area contributed by atoms with Crippen LogP contribution < -0.4 is 10.6 Å². The van der Waals surface area contributed by atoms with Gasteiger partial charge in [0.15, 0.2) is 0 Å². The van der Waals surface area contributed by atoms with Gasteiger partial charge in [-0.3, -0.25) is 0 Å². The Kier molecular flexibility index (Phi) is 4.68. The smallest absolute Gasteiger partial charge is 0.233 e. The molecule has 0 radical (unpaired) electrons. The van der Waals surface area contributed by atoms with Crippen LogP contribution in [0, 0.1) is 5.82 Å². The molecule has 0 spiro atoms. The van der Waals surface area contributed by atoms with E-state index >= 15 is 0 Å². The van der Waals surface area contributed by atoms with E-state index in [9.17, 15) is 4.39 Å². The van der Waals surface area contributed by atoms with E-state index < -0.39 is 0 Å². The van der Waals surface area contributed by atoms with Crippen LogP contribution >= 0.6 is 11.6 Å². The van der Waals surface area contributed by atoms with Crippen LogP contribution in [0.5, 0.6) is 0 Å². The number of hydrogen-bond acceptors (Lipinski definition) is 5. The van der Waals surface area contributed by atoms with Crippen LogP contribution in [0.3, 0.4) is 0 Å². The zero-order valence-corrected chi connectivity index (χ0v) is 12.8. The Morgan fingerprint density at radius 3 is 2.59 bits per heavy atom. The fourth-order valence-electron chi connectivity index (χ4n) is 2.60. The number of hydrogen-bond donors (Lipinski definition) is 2. The van der Waals surface area contributed by atoms with E-state index in [2.05, 4.69) is 25.6 Å². The van der Waals surface area contributed by atoms with Crippen LogP contribution in [0.2, 0.25) is 5.28 Å². The lowest BCUT2D eigenvalue weighted by atomic mass is 9.96. The lowest BCUT2D eigenvalue weighted by molar-refractivity contribution is 0.461. The van der Waals surface area contributed by atoms with Crippen LogP contribution in [-0.2, 0) is 0 Å². The van der Waals surface area contributed by atoms with Gasteiger partial charge in [0.2, 0.25) is 17.2 Å². The molecule has 2 aromatic rings. The Morgan fingerprint density at radius 2 is 1.82 bits per heavy atom. The predicted octanol–water partition coefficient (Wildman–Crippen LogP) is 4.15. The van der Waals surface area contributed by atoms with Crippen LogP contribution in [-0.4, -0.2) is 21.0 Å². The maximum Gasteiger partial charge on any atom is 0.233 e. The highest BCUT2D eigenvalue weighted by Gasteiger charge is 2.15. The summed E-state index contributed by atoms with van der Waals surface area (Å²) < 4.78 is 13.2. The first-order valence-electron chi connectivity index (χ1n) is 7.40. The first kappa shape index (κ1) is 15.0. The number of nitrogens with one attached hydrogen (secondary N) is 2. The van der Waals surface area contributed by atoms with Crippen molar-refractivity contribution in [1.29, 1.82) is 0 Å². The Bertz CT molecular complexity index is 646. The molecule has 0 amide bonds. The Labute approximate surface area is 133 Å². The molecule has 7 heteroatoms. The first-order chi connectivity index (χ1) is 10.7. The van der Waals surface area contributed by atoms with E-state index in [-0.39, 0.29) is 11.1 Å². The topological polar surface area (TPSA) is 62.7 Å².